The van der Waals surface area contributed by atoms with E-state index in [0.29, 0.717) is 6.04 Å². The Labute approximate surface area is 126 Å². The van der Waals surface area contributed by atoms with Gasteiger partial charge in [0.1, 0.15) is 0 Å². The zero-order valence-corrected chi connectivity index (χ0v) is 14.2. The molecule has 0 spiro atoms. The number of hydrogen-bond acceptors (Lipinski definition) is 3. The van der Waals surface area contributed by atoms with Crippen LogP contribution in [0.2, 0.25) is 5.02 Å². The van der Waals surface area contributed by atoms with Gasteiger partial charge in [-0.25, -0.2) is 0 Å². The minimum atomic E-state index is 0.446. The summed E-state index contributed by atoms with van der Waals surface area (Å²) in [6.07, 6.45) is 1.82. The highest BCUT2D eigenvalue weighted by Crippen LogP contribution is 2.23. The Bertz CT molecular complexity index is 390. The molecule has 0 amide bonds. The van der Waals surface area contributed by atoms with E-state index in [9.17, 15) is 0 Å². The predicted octanol–water partition coefficient (Wildman–Crippen LogP) is 3.16. The lowest BCUT2D eigenvalue weighted by atomic mass is 10.1. The van der Waals surface area contributed by atoms with Crippen LogP contribution in [0.25, 0.3) is 0 Å². The van der Waals surface area contributed by atoms with E-state index < -0.39 is 0 Å². The maximum atomic E-state index is 6.40. The molecule has 5 heteroatoms. The van der Waals surface area contributed by atoms with Crippen LogP contribution in [0.3, 0.4) is 0 Å². The second kappa shape index (κ2) is 8.18. The van der Waals surface area contributed by atoms with Crippen molar-refractivity contribution < 1.29 is 0 Å². The van der Waals surface area contributed by atoms with Crippen LogP contribution in [-0.4, -0.2) is 34.4 Å². The fraction of sp³-hybridized carbons (Fsp3) is 0.786. The molecule has 1 aromatic heterocycles. The molecule has 1 atom stereocenters. The van der Waals surface area contributed by atoms with Gasteiger partial charge in [-0.05, 0) is 25.1 Å². The largest absolute Gasteiger partial charge is 0.316 e. The molecule has 0 bridgehead atoms. The normalized spacial score (nSPS) is 13.2. The van der Waals surface area contributed by atoms with Crippen LogP contribution in [0.4, 0.5) is 0 Å². The van der Waals surface area contributed by atoms with E-state index in [2.05, 4.69) is 31.2 Å². The highest BCUT2D eigenvalue weighted by atomic mass is 35.5. The van der Waals surface area contributed by atoms with Crippen molar-refractivity contribution >= 4 is 23.4 Å². The molecule has 1 aromatic rings. The number of nitrogens with zero attached hydrogens (tertiary/aromatic N) is 2. The molecular weight excluding hydrogens is 278 g/mol. The minimum absolute atomic E-state index is 0.446. The van der Waals surface area contributed by atoms with Crippen molar-refractivity contribution in [3.63, 3.8) is 0 Å². The first kappa shape index (κ1) is 16.9. The number of aryl methyl sites for hydroxylation is 2. The Morgan fingerprint density at radius 3 is 2.53 bits per heavy atom. The van der Waals surface area contributed by atoms with E-state index in [1.165, 1.54) is 5.75 Å². The molecule has 0 saturated heterocycles. The van der Waals surface area contributed by atoms with Crippen molar-refractivity contribution in [3.8, 4) is 0 Å². The fourth-order valence-corrected chi connectivity index (χ4v) is 3.51. The highest BCUT2D eigenvalue weighted by molar-refractivity contribution is 7.99. The topological polar surface area (TPSA) is 29.9 Å². The number of thioether (sulfide) groups is 1. The molecule has 1 unspecified atom stereocenters. The standard InChI is InChI=1S/C14H26ClN3S/c1-6-12-14(15)13(18(5)17-12)7-11(16-4)9-19-8-10(2)3/h10-11,16H,6-9H2,1-5H3. The van der Waals surface area contributed by atoms with Crippen molar-refractivity contribution in [1.29, 1.82) is 0 Å². The summed E-state index contributed by atoms with van der Waals surface area (Å²) in [6, 6.07) is 0.446. The molecule has 0 aliphatic heterocycles. The molecule has 3 nitrogen and oxygen atoms in total. The van der Waals surface area contributed by atoms with Gasteiger partial charge >= 0.3 is 0 Å². The van der Waals surface area contributed by atoms with Crippen molar-refractivity contribution in [1.82, 2.24) is 15.1 Å². The van der Waals surface area contributed by atoms with Crippen LogP contribution in [-0.2, 0) is 19.9 Å². The summed E-state index contributed by atoms with van der Waals surface area (Å²) >= 11 is 8.40. The van der Waals surface area contributed by atoms with Gasteiger partial charge in [-0.1, -0.05) is 32.4 Å². The van der Waals surface area contributed by atoms with E-state index in [-0.39, 0.29) is 0 Å². The Hall–Kier alpha value is -0.190. The van der Waals surface area contributed by atoms with E-state index in [4.69, 9.17) is 11.6 Å². The first-order chi connectivity index (χ1) is 8.99. The van der Waals surface area contributed by atoms with Gasteiger partial charge in [-0.15, -0.1) is 0 Å². The van der Waals surface area contributed by atoms with Gasteiger partial charge < -0.3 is 5.32 Å². The number of rotatable bonds is 8. The zero-order valence-electron chi connectivity index (χ0n) is 12.7. The van der Waals surface area contributed by atoms with Crippen LogP contribution in [0.5, 0.6) is 0 Å². The van der Waals surface area contributed by atoms with E-state index in [0.717, 1.165) is 40.9 Å². The molecule has 0 aliphatic rings. The zero-order chi connectivity index (χ0) is 14.4. The van der Waals surface area contributed by atoms with Crippen LogP contribution in [0.1, 0.15) is 32.2 Å². The molecule has 0 saturated carbocycles. The van der Waals surface area contributed by atoms with Gasteiger partial charge in [0.25, 0.3) is 0 Å². The van der Waals surface area contributed by atoms with Crippen LogP contribution >= 0.6 is 23.4 Å². The molecule has 1 rings (SSSR count). The van der Waals surface area contributed by atoms with Crippen molar-refractivity contribution in [2.24, 2.45) is 13.0 Å². The van der Waals surface area contributed by atoms with E-state index >= 15 is 0 Å². The van der Waals surface area contributed by atoms with E-state index in [1.54, 1.807) is 0 Å². The van der Waals surface area contributed by atoms with Crippen LogP contribution < -0.4 is 5.32 Å². The lowest BCUT2D eigenvalue weighted by Gasteiger charge is -2.17. The van der Waals surface area contributed by atoms with Crippen molar-refractivity contribution in [2.75, 3.05) is 18.6 Å². The summed E-state index contributed by atoms with van der Waals surface area (Å²) in [7, 11) is 4.00. The Morgan fingerprint density at radius 1 is 1.37 bits per heavy atom. The maximum Gasteiger partial charge on any atom is 0.0850 e. The third-order valence-corrected chi connectivity index (χ3v) is 5.10. The molecule has 0 aliphatic carbocycles. The lowest BCUT2D eigenvalue weighted by molar-refractivity contribution is 0.580. The Morgan fingerprint density at radius 2 is 2.05 bits per heavy atom. The van der Waals surface area contributed by atoms with Crippen LogP contribution in [0, 0.1) is 5.92 Å². The minimum Gasteiger partial charge on any atom is -0.316 e. The average molecular weight is 304 g/mol. The molecule has 0 radical (unpaired) electrons. The maximum absolute atomic E-state index is 6.40. The summed E-state index contributed by atoms with van der Waals surface area (Å²) in [4.78, 5) is 0. The molecule has 19 heavy (non-hydrogen) atoms. The number of halogens is 1. The number of hydrogen-bond donors (Lipinski definition) is 1. The average Bonchev–Trinajstić information content (AvgIpc) is 2.64. The predicted molar refractivity (Wildman–Crippen MR) is 86.3 cm³/mol. The third-order valence-electron chi connectivity index (χ3n) is 3.12. The van der Waals surface area contributed by atoms with E-state index in [1.807, 2.05) is 30.5 Å². The summed E-state index contributed by atoms with van der Waals surface area (Å²) in [5.41, 5.74) is 2.15. The van der Waals surface area contributed by atoms with Gasteiger partial charge in [0.2, 0.25) is 0 Å². The molecule has 1 heterocycles. The quantitative estimate of drug-likeness (QED) is 0.800. The van der Waals surface area contributed by atoms with Crippen molar-refractivity contribution in [2.45, 2.75) is 39.7 Å². The lowest BCUT2D eigenvalue weighted by Crippen LogP contribution is -2.31. The van der Waals surface area contributed by atoms with Gasteiger partial charge in [-0.2, -0.15) is 16.9 Å². The second-order valence-corrected chi connectivity index (χ2v) is 6.76. The Balaban J connectivity index is 2.62. The fourth-order valence-electron chi connectivity index (χ4n) is 1.97. The number of aromatic nitrogens is 2. The van der Waals surface area contributed by atoms with Gasteiger partial charge in [0.05, 0.1) is 16.4 Å². The molecule has 1 N–H and O–H groups in total. The third kappa shape index (κ3) is 5.01. The van der Waals surface area contributed by atoms with Crippen molar-refractivity contribution in [3.05, 3.63) is 16.4 Å². The number of nitrogens with one attached hydrogen (secondary N) is 1. The second-order valence-electron chi connectivity index (χ2n) is 5.31. The molecule has 0 aromatic carbocycles. The molecule has 110 valence electrons. The molecule has 0 fully saturated rings. The summed E-state index contributed by atoms with van der Waals surface area (Å²) in [5, 5.41) is 8.71. The summed E-state index contributed by atoms with van der Waals surface area (Å²) in [6.45, 7) is 6.60. The smallest absolute Gasteiger partial charge is 0.0850 e. The first-order valence-electron chi connectivity index (χ1n) is 6.94. The summed E-state index contributed by atoms with van der Waals surface area (Å²) in [5.74, 6) is 3.06. The van der Waals surface area contributed by atoms with Gasteiger partial charge in [-0.3, -0.25) is 4.68 Å². The Kier molecular flexibility index (Phi) is 7.26. The van der Waals surface area contributed by atoms with Crippen LogP contribution in [0.15, 0.2) is 0 Å². The SMILES string of the molecule is CCc1nn(C)c(CC(CSCC(C)C)NC)c1Cl. The monoisotopic (exact) mass is 303 g/mol. The van der Waals surface area contributed by atoms with Gasteiger partial charge in [0, 0.05) is 25.3 Å². The summed E-state index contributed by atoms with van der Waals surface area (Å²) < 4.78 is 1.93. The number of likely N-dealkylation sites (N-methyl/N-ethyl adjacent to an activating group) is 1. The molecular formula is C14H26ClN3S. The van der Waals surface area contributed by atoms with Gasteiger partial charge in [0.15, 0.2) is 0 Å². The first-order valence-corrected chi connectivity index (χ1v) is 8.48. The highest BCUT2D eigenvalue weighted by Gasteiger charge is 2.17.